The van der Waals surface area contributed by atoms with Crippen LogP contribution in [-0.2, 0) is 16.0 Å². The highest BCUT2D eigenvalue weighted by atomic mass is 16.5. The number of aromatic amines is 1. The minimum Gasteiger partial charge on any atom is -0.381 e. The summed E-state index contributed by atoms with van der Waals surface area (Å²) >= 11 is 0. The highest BCUT2D eigenvalue weighted by Gasteiger charge is 2.05. The van der Waals surface area contributed by atoms with Crippen LogP contribution in [0.25, 0.3) is 0 Å². The van der Waals surface area contributed by atoms with E-state index in [0.29, 0.717) is 19.0 Å². The fourth-order valence-electron chi connectivity index (χ4n) is 1.21. The van der Waals surface area contributed by atoms with Gasteiger partial charge in [-0.05, 0) is 12.8 Å². The molecule has 2 N–H and O–H groups in total. The molecule has 0 bridgehead atoms. The van der Waals surface area contributed by atoms with Crippen LogP contribution in [0.15, 0.2) is 0 Å². The Hall–Kier alpha value is -1.50. The molecule has 0 saturated carbocycles. The van der Waals surface area contributed by atoms with E-state index < -0.39 is 0 Å². The summed E-state index contributed by atoms with van der Waals surface area (Å²) in [5.41, 5.74) is 0. The lowest BCUT2D eigenvalue weighted by Gasteiger charge is -2.04. The van der Waals surface area contributed by atoms with Crippen LogP contribution in [0.1, 0.15) is 32.0 Å². The zero-order chi connectivity index (χ0) is 12.3. The average Bonchev–Trinajstić information content (AvgIpc) is 2.80. The maximum absolute atomic E-state index is 11.4. The van der Waals surface area contributed by atoms with Crippen molar-refractivity contribution in [2.24, 2.45) is 0 Å². The SMILES string of the molecule is CCCCOCCCNC(=O)Cc1nn[nH]n1. The van der Waals surface area contributed by atoms with Crippen LogP contribution in [0, 0.1) is 0 Å². The van der Waals surface area contributed by atoms with E-state index in [4.69, 9.17) is 4.74 Å². The predicted molar refractivity (Wildman–Crippen MR) is 61.2 cm³/mol. The molecule has 0 radical (unpaired) electrons. The predicted octanol–water partition coefficient (Wildman–Crippen LogP) is 0.0652. The number of carbonyl (C=O) groups excluding carboxylic acids is 1. The largest absolute Gasteiger partial charge is 0.381 e. The van der Waals surface area contributed by atoms with Gasteiger partial charge in [0.25, 0.3) is 0 Å². The summed E-state index contributed by atoms with van der Waals surface area (Å²) in [6.45, 7) is 4.22. The van der Waals surface area contributed by atoms with Crippen molar-refractivity contribution in [3.63, 3.8) is 0 Å². The van der Waals surface area contributed by atoms with Crippen molar-refractivity contribution >= 4 is 5.91 Å². The molecule has 1 rings (SSSR count). The number of tetrazole rings is 1. The number of ether oxygens (including phenoxy) is 1. The Balaban J connectivity index is 1.94. The topological polar surface area (TPSA) is 92.8 Å². The molecular weight excluding hydrogens is 222 g/mol. The molecular formula is C10H19N5O2. The first-order chi connectivity index (χ1) is 8.33. The molecule has 0 aliphatic carbocycles. The second kappa shape index (κ2) is 8.63. The summed E-state index contributed by atoms with van der Waals surface area (Å²) in [5, 5.41) is 15.9. The summed E-state index contributed by atoms with van der Waals surface area (Å²) in [5.74, 6) is 0.307. The van der Waals surface area contributed by atoms with Crippen LogP contribution < -0.4 is 5.32 Å². The van der Waals surface area contributed by atoms with Crippen LogP contribution >= 0.6 is 0 Å². The summed E-state index contributed by atoms with van der Waals surface area (Å²) in [6, 6.07) is 0. The molecule has 1 heterocycles. The van der Waals surface area contributed by atoms with Crippen molar-refractivity contribution in [3.8, 4) is 0 Å². The summed E-state index contributed by atoms with van der Waals surface area (Å²) in [7, 11) is 0. The van der Waals surface area contributed by atoms with E-state index in [2.05, 4.69) is 32.9 Å². The van der Waals surface area contributed by atoms with Gasteiger partial charge in [0.15, 0.2) is 5.82 Å². The van der Waals surface area contributed by atoms with Crippen molar-refractivity contribution in [1.82, 2.24) is 25.9 Å². The molecule has 96 valence electrons. The highest BCUT2D eigenvalue weighted by molar-refractivity contribution is 5.77. The first kappa shape index (κ1) is 13.6. The molecule has 0 unspecified atom stereocenters. The molecule has 0 aromatic carbocycles. The van der Waals surface area contributed by atoms with E-state index in [0.717, 1.165) is 25.9 Å². The number of nitrogens with zero attached hydrogens (tertiary/aromatic N) is 3. The molecule has 7 heteroatoms. The Morgan fingerprint density at radius 1 is 1.41 bits per heavy atom. The standard InChI is InChI=1S/C10H19N5O2/c1-2-3-6-17-7-4-5-11-10(16)8-9-12-14-15-13-9/h2-8H2,1H3,(H,11,16)(H,12,13,14,15). The van der Waals surface area contributed by atoms with Gasteiger partial charge in [0.1, 0.15) is 0 Å². The number of nitrogens with one attached hydrogen (secondary N) is 2. The van der Waals surface area contributed by atoms with E-state index in [1.165, 1.54) is 0 Å². The molecule has 0 saturated heterocycles. The zero-order valence-corrected chi connectivity index (χ0v) is 10.1. The van der Waals surface area contributed by atoms with E-state index >= 15 is 0 Å². The van der Waals surface area contributed by atoms with Crippen LogP contribution in [-0.4, -0.2) is 46.3 Å². The molecule has 0 spiro atoms. The second-order valence-corrected chi connectivity index (χ2v) is 3.67. The van der Waals surface area contributed by atoms with Crippen LogP contribution in [0.5, 0.6) is 0 Å². The van der Waals surface area contributed by atoms with Gasteiger partial charge in [-0.3, -0.25) is 4.79 Å². The highest BCUT2D eigenvalue weighted by Crippen LogP contribution is 1.90. The summed E-state index contributed by atoms with van der Waals surface area (Å²) < 4.78 is 5.37. The van der Waals surface area contributed by atoms with Gasteiger partial charge < -0.3 is 10.1 Å². The van der Waals surface area contributed by atoms with Gasteiger partial charge in [-0.1, -0.05) is 18.6 Å². The first-order valence-electron chi connectivity index (χ1n) is 5.89. The minimum atomic E-state index is -0.0973. The van der Waals surface area contributed by atoms with Crippen molar-refractivity contribution < 1.29 is 9.53 Å². The van der Waals surface area contributed by atoms with Gasteiger partial charge in [-0.15, -0.1) is 10.2 Å². The van der Waals surface area contributed by atoms with Gasteiger partial charge in [0.2, 0.25) is 5.91 Å². The van der Waals surface area contributed by atoms with E-state index in [-0.39, 0.29) is 12.3 Å². The Kier molecular flexibility index (Phi) is 6.89. The Labute approximate surface area is 100 Å². The van der Waals surface area contributed by atoms with E-state index in [9.17, 15) is 4.79 Å². The zero-order valence-electron chi connectivity index (χ0n) is 10.1. The molecule has 1 amide bonds. The van der Waals surface area contributed by atoms with Gasteiger partial charge >= 0.3 is 0 Å². The molecule has 0 atom stereocenters. The number of aromatic nitrogens is 4. The molecule has 0 aliphatic rings. The molecule has 1 aromatic heterocycles. The number of carbonyl (C=O) groups is 1. The van der Waals surface area contributed by atoms with Crippen LogP contribution in [0.3, 0.4) is 0 Å². The van der Waals surface area contributed by atoms with Gasteiger partial charge in [0.05, 0.1) is 6.42 Å². The smallest absolute Gasteiger partial charge is 0.227 e. The number of hydrogen-bond donors (Lipinski definition) is 2. The monoisotopic (exact) mass is 241 g/mol. The fourth-order valence-corrected chi connectivity index (χ4v) is 1.21. The van der Waals surface area contributed by atoms with Crippen molar-refractivity contribution in [2.75, 3.05) is 19.8 Å². The number of amides is 1. The van der Waals surface area contributed by atoms with Gasteiger partial charge in [-0.2, -0.15) is 5.21 Å². The number of H-pyrrole nitrogens is 1. The fraction of sp³-hybridized carbons (Fsp3) is 0.800. The molecule has 17 heavy (non-hydrogen) atoms. The van der Waals surface area contributed by atoms with Gasteiger partial charge in [-0.25, -0.2) is 0 Å². The lowest BCUT2D eigenvalue weighted by atomic mass is 10.3. The summed E-state index contributed by atoms with van der Waals surface area (Å²) in [4.78, 5) is 11.4. The third kappa shape index (κ3) is 6.62. The first-order valence-corrected chi connectivity index (χ1v) is 5.89. The Morgan fingerprint density at radius 3 is 2.94 bits per heavy atom. The summed E-state index contributed by atoms with van der Waals surface area (Å²) in [6.07, 6.45) is 3.21. The maximum Gasteiger partial charge on any atom is 0.227 e. The molecule has 1 aromatic rings. The second-order valence-electron chi connectivity index (χ2n) is 3.67. The van der Waals surface area contributed by atoms with Crippen LogP contribution in [0.4, 0.5) is 0 Å². The van der Waals surface area contributed by atoms with E-state index in [1.807, 2.05) is 0 Å². The van der Waals surface area contributed by atoms with Crippen molar-refractivity contribution in [3.05, 3.63) is 5.82 Å². The number of unbranched alkanes of at least 4 members (excludes halogenated alkanes) is 1. The Morgan fingerprint density at radius 2 is 2.24 bits per heavy atom. The van der Waals surface area contributed by atoms with Crippen molar-refractivity contribution in [1.29, 1.82) is 0 Å². The average molecular weight is 241 g/mol. The molecule has 7 nitrogen and oxygen atoms in total. The minimum absolute atomic E-state index is 0.0973. The van der Waals surface area contributed by atoms with E-state index in [1.54, 1.807) is 0 Å². The van der Waals surface area contributed by atoms with Crippen LogP contribution in [0.2, 0.25) is 0 Å². The number of rotatable bonds is 9. The Bertz CT molecular complexity index is 302. The van der Waals surface area contributed by atoms with Crippen molar-refractivity contribution in [2.45, 2.75) is 32.6 Å². The molecule has 0 fully saturated rings. The maximum atomic E-state index is 11.4. The van der Waals surface area contributed by atoms with Gasteiger partial charge in [0, 0.05) is 19.8 Å². The third-order valence-corrected chi connectivity index (χ3v) is 2.14. The molecule has 0 aliphatic heterocycles. The normalized spacial score (nSPS) is 10.4. The lowest BCUT2D eigenvalue weighted by Crippen LogP contribution is -2.27. The lowest BCUT2D eigenvalue weighted by molar-refractivity contribution is -0.120. The number of hydrogen-bond acceptors (Lipinski definition) is 5. The third-order valence-electron chi connectivity index (χ3n) is 2.14. The quantitative estimate of drug-likeness (QED) is 0.597.